The molecule has 0 amide bonds. The summed E-state index contributed by atoms with van der Waals surface area (Å²) in [6, 6.07) is 2.66. The fourth-order valence-electron chi connectivity index (χ4n) is 2.97. The number of rotatable bonds is 3. The largest absolute Gasteiger partial charge is 0.495 e. The first kappa shape index (κ1) is 14.8. The van der Waals surface area contributed by atoms with E-state index in [0.717, 1.165) is 29.7 Å². The molecule has 1 aromatic carbocycles. The standard InChI is InChI=1S/C15H23BrN2O/c1-9-5-12(15(19-4)14(16)10(9)2)13-6-11(7-17)8-18(13)3/h5,11,13H,6-8,17H2,1-4H3. The minimum Gasteiger partial charge on any atom is -0.495 e. The SMILES string of the molecule is COc1c(C2CC(CN)CN2C)cc(C)c(C)c1Br. The molecule has 3 nitrogen and oxygen atoms in total. The molecular formula is C15H23BrN2O. The molecule has 1 fully saturated rings. The second kappa shape index (κ2) is 5.81. The minimum atomic E-state index is 0.402. The summed E-state index contributed by atoms with van der Waals surface area (Å²) in [6.45, 7) is 6.09. The van der Waals surface area contributed by atoms with Crippen LogP contribution in [0, 0.1) is 19.8 Å². The fourth-order valence-corrected chi connectivity index (χ4v) is 3.68. The Labute approximate surface area is 124 Å². The average Bonchev–Trinajstić information content (AvgIpc) is 2.77. The molecule has 2 unspecified atom stereocenters. The third kappa shape index (κ3) is 2.67. The number of nitrogens with zero attached hydrogens (tertiary/aromatic N) is 1. The molecule has 2 rings (SSSR count). The highest BCUT2D eigenvalue weighted by Crippen LogP contribution is 2.43. The van der Waals surface area contributed by atoms with E-state index >= 15 is 0 Å². The second-order valence-corrected chi connectivity index (χ2v) is 6.34. The van der Waals surface area contributed by atoms with Crippen LogP contribution in [0.15, 0.2) is 10.5 Å². The highest BCUT2D eigenvalue weighted by atomic mass is 79.9. The van der Waals surface area contributed by atoms with Crippen molar-refractivity contribution in [3.8, 4) is 5.75 Å². The van der Waals surface area contributed by atoms with E-state index in [4.69, 9.17) is 10.5 Å². The van der Waals surface area contributed by atoms with Gasteiger partial charge in [-0.05, 0) is 66.8 Å². The summed E-state index contributed by atoms with van der Waals surface area (Å²) in [6.07, 6.45) is 1.11. The van der Waals surface area contributed by atoms with Crippen LogP contribution in [0.5, 0.6) is 5.75 Å². The molecule has 1 aliphatic heterocycles. The van der Waals surface area contributed by atoms with E-state index < -0.39 is 0 Å². The van der Waals surface area contributed by atoms with Gasteiger partial charge < -0.3 is 10.5 Å². The third-order valence-corrected chi connectivity index (χ3v) is 5.24. The summed E-state index contributed by atoms with van der Waals surface area (Å²) in [5.74, 6) is 1.55. The first-order valence-corrected chi connectivity index (χ1v) is 7.52. The zero-order valence-electron chi connectivity index (χ0n) is 12.2. The molecule has 1 aromatic rings. The van der Waals surface area contributed by atoms with Crippen molar-refractivity contribution >= 4 is 15.9 Å². The van der Waals surface area contributed by atoms with Crippen molar-refractivity contribution in [1.29, 1.82) is 0 Å². The number of halogens is 1. The predicted octanol–water partition coefficient (Wildman–Crippen LogP) is 3.03. The first-order valence-electron chi connectivity index (χ1n) is 6.73. The zero-order valence-corrected chi connectivity index (χ0v) is 13.8. The van der Waals surface area contributed by atoms with E-state index in [1.165, 1.54) is 16.7 Å². The van der Waals surface area contributed by atoms with Gasteiger partial charge in [0.25, 0.3) is 0 Å². The van der Waals surface area contributed by atoms with Gasteiger partial charge in [0, 0.05) is 18.2 Å². The van der Waals surface area contributed by atoms with E-state index in [9.17, 15) is 0 Å². The van der Waals surface area contributed by atoms with E-state index in [1.807, 2.05) is 0 Å². The van der Waals surface area contributed by atoms with Gasteiger partial charge in [0.1, 0.15) is 5.75 Å². The normalized spacial score (nSPS) is 23.9. The lowest BCUT2D eigenvalue weighted by Crippen LogP contribution is -2.21. The van der Waals surface area contributed by atoms with Crippen LogP contribution in [0.3, 0.4) is 0 Å². The van der Waals surface area contributed by atoms with Crippen LogP contribution in [-0.4, -0.2) is 32.1 Å². The number of likely N-dealkylation sites (tertiary alicyclic amines) is 1. The molecule has 2 atom stereocenters. The van der Waals surface area contributed by atoms with Gasteiger partial charge >= 0.3 is 0 Å². The van der Waals surface area contributed by atoms with Gasteiger partial charge in [-0.15, -0.1) is 0 Å². The van der Waals surface area contributed by atoms with Gasteiger partial charge in [0.15, 0.2) is 0 Å². The minimum absolute atomic E-state index is 0.402. The molecule has 106 valence electrons. The highest BCUT2D eigenvalue weighted by Gasteiger charge is 2.32. The third-order valence-electron chi connectivity index (χ3n) is 4.29. The van der Waals surface area contributed by atoms with E-state index in [2.05, 4.69) is 47.8 Å². The maximum atomic E-state index is 5.82. The van der Waals surface area contributed by atoms with Crippen molar-refractivity contribution in [1.82, 2.24) is 4.90 Å². The average molecular weight is 327 g/mol. The second-order valence-electron chi connectivity index (χ2n) is 5.55. The number of benzene rings is 1. The van der Waals surface area contributed by atoms with Crippen LogP contribution in [0.25, 0.3) is 0 Å². The molecule has 0 saturated carbocycles. The van der Waals surface area contributed by atoms with Crippen molar-refractivity contribution in [3.05, 3.63) is 27.2 Å². The molecule has 4 heteroatoms. The Kier molecular flexibility index (Phi) is 4.54. The topological polar surface area (TPSA) is 38.5 Å². The van der Waals surface area contributed by atoms with Gasteiger partial charge in [-0.3, -0.25) is 4.90 Å². The van der Waals surface area contributed by atoms with Crippen molar-refractivity contribution in [2.45, 2.75) is 26.3 Å². The van der Waals surface area contributed by atoms with E-state index in [-0.39, 0.29) is 0 Å². The summed E-state index contributed by atoms with van der Waals surface area (Å²) >= 11 is 3.67. The molecule has 0 spiro atoms. The molecular weight excluding hydrogens is 304 g/mol. The molecule has 0 aromatic heterocycles. The fraction of sp³-hybridized carbons (Fsp3) is 0.600. The molecule has 1 saturated heterocycles. The van der Waals surface area contributed by atoms with Crippen LogP contribution in [0.1, 0.15) is 29.2 Å². The number of methoxy groups -OCH3 is 1. The summed E-state index contributed by atoms with van der Waals surface area (Å²) in [7, 11) is 3.91. The lowest BCUT2D eigenvalue weighted by Gasteiger charge is -2.24. The van der Waals surface area contributed by atoms with E-state index in [1.54, 1.807) is 7.11 Å². The molecule has 0 aliphatic carbocycles. The Bertz CT molecular complexity index is 476. The molecule has 1 heterocycles. The van der Waals surface area contributed by atoms with Crippen LogP contribution >= 0.6 is 15.9 Å². The number of ether oxygens (including phenoxy) is 1. The molecule has 0 radical (unpaired) electrons. The quantitative estimate of drug-likeness (QED) is 0.927. The molecule has 19 heavy (non-hydrogen) atoms. The van der Waals surface area contributed by atoms with Crippen LogP contribution in [0.2, 0.25) is 0 Å². The molecule has 2 N–H and O–H groups in total. The number of nitrogens with two attached hydrogens (primary N) is 1. The van der Waals surface area contributed by atoms with Crippen molar-refractivity contribution in [2.75, 3.05) is 27.2 Å². The summed E-state index contributed by atoms with van der Waals surface area (Å²) in [4.78, 5) is 2.39. The van der Waals surface area contributed by atoms with Crippen molar-refractivity contribution in [2.24, 2.45) is 11.7 Å². The van der Waals surface area contributed by atoms with Gasteiger partial charge in [0.2, 0.25) is 0 Å². The van der Waals surface area contributed by atoms with Crippen LogP contribution < -0.4 is 10.5 Å². The Morgan fingerprint density at radius 3 is 2.68 bits per heavy atom. The number of hydrogen-bond donors (Lipinski definition) is 1. The lowest BCUT2D eigenvalue weighted by atomic mass is 9.95. The highest BCUT2D eigenvalue weighted by molar-refractivity contribution is 9.10. The Hall–Kier alpha value is -0.580. The smallest absolute Gasteiger partial charge is 0.138 e. The van der Waals surface area contributed by atoms with Gasteiger partial charge in [0.05, 0.1) is 11.6 Å². The summed E-state index contributed by atoms with van der Waals surface area (Å²) in [5, 5.41) is 0. The predicted molar refractivity (Wildman–Crippen MR) is 82.7 cm³/mol. The number of hydrogen-bond acceptors (Lipinski definition) is 3. The van der Waals surface area contributed by atoms with Crippen LogP contribution in [0.4, 0.5) is 0 Å². The van der Waals surface area contributed by atoms with Crippen molar-refractivity contribution in [3.63, 3.8) is 0 Å². The maximum Gasteiger partial charge on any atom is 0.138 e. The van der Waals surface area contributed by atoms with Gasteiger partial charge in [-0.25, -0.2) is 0 Å². The lowest BCUT2D eigenvalue weighted by molar-refractivity contribution is 0.302. The molecule has 0 bridgehead atoms. The summed E-state index contributed by atoms with van der Waals surface area (Å²) < 4.78 is 6.72. The molecule has 1 aliphatic rings. The first-order chi connectivity index (χ1) is 8.99. The van der Waals surface area contributed by atoms with Crippen LogP contribution in [-0.2, 0) is 0 Å². The Balaban J connectivity index is 2.45. The van der Waals surface area contributed by atoms with E-state index in [0.29, 0.717) is 12.0 Å². The Morgan fingerprint density at radius 1 is 1.47 bits per heavy atom. The van der Waals surface area contributed by atoms with Gasteiger partial charge in [-0.2, -0.15) is 0 Å². The summed E-state index contributed by atoms with van der Waals surface area (Å²) in [5.41, 5.74) is 9.64. The number of aryl methyl sites for hydroxylation is 1. The Morgan fingerprint density at radius 2 is 2.16 bits per heavy atom. The monoisotopic (exact) mass is 326 g/mol. The van der Waals surface area contributed by atoms with Gasteiger partial charge in [-0.1, -0.05) is 6.07 Å². The zero-order chi connectivity index (χ0) is 14.2. The van der Waals surface area contributed by atoms with Crippen molar-refractivity contribution < 1.29 is 4.74 Å². The maximum absolute atomic E-state index is 5.82.